The van der Waals surface area contributed by atoms with Crippen LogP contribution in [0.5, 0.6) is 0 Å². The molecule has 1 aliphatic carbocycles. The molecule has 1 saturated carbocycles. The molecule has 3 heterocycles. The fourth-order valence-electron chi connectivity index (χ4n) is 4.74. The highest BCUT2D eigenvalue weighted by atomic mass is 32.1. The smallest absolute Gasteiger partial charge is 0.255 e. The summed E-state index contributed by atoms with van der Waals surface area (Å²) in [6.07, 6.45) is 1.42. The van der Waals surface area contributed by atoms with Crippen molar-refractivity contribution >= 4 is 28.3 Å². The monoisotopic (exact) mass is 496 g/mol. The molecule has 184 valence electrons. The van der Waals surface area contributed by atoms with Gasteiger partial charge in [-0.2, -0.15) is 5.10 Å². The van der Waals surface area contributed by atoms with E-state index in [1.165, 1.54) is 11.3 Å². The van der Waals surface area contributed by atoms with Crippen LogP contribution in [-0.2, 0) is 9.59 Å². The minimum absolute atomic E-state index is 0.0179. The van der Waals surface area contributed by atoms with Crippen LogP contribution in [0.3, 0.4) is 0 Å². The molecule has 1 aromatic carbocycles. The summed E-state index contributed by atoms with van der Waals surface area (Å²) in [5.74, 6) is -1.08. The quantitative estimate of drug-likeness (QED) is 0.373. The summed E-state index contributed by atoms with van der Waals surface area (Å²) < 4.78 is 1.72. The largest absolute Gasteiger partial charge is 0.380 e. The Balaban J connectivity index is 1.22. The Kier molecular flexibility index (Phi) is 6.30. The highest BCUT2D eigenvalue weighted by molar-refractivity contribution is 7.13. The molecular formula is C24H28N6O4S. The van der Waals surface area contributed by atoms with Gasteiger partial charge in [-0.1, -0.05) is 12.1 Å². The predicted molar refractivity (Wildman–Crippen MR) is 130 cm³/mol. The summed E-state index contributed by atoms with van der Waals surface area (Å²) in [4.78, 5) is 32.0. The second kappa shape index (κ2) is 9.40. The third-order valence-electron chi connectivity index (χ3n) is 6.78. The van der Waals surface area contributed by atoms with Crippen LogP contribution in [0.25, 0.3) is 5.69 Å². The van der Waals surface area contributed by atoms with Gasteiger partial charge in [0.15, 0.2) is 17.3 Å². The van der Waals surface area contributed by atoms with Crippen LogP contribution in [0.15, 0.2) is 48.1 Å². The van der Waals surface area contributed by atoms with Crippen molar-refractivity contribution in [1.29, 1.82) is 0 Å². The van der Waals surface area contributed by atoms with Gasteiger partial charge in [0.25, 0.3) is 11.8 Å². The Hall–Kier alpha value is -3.28. The molecule has 3 aromatic rings. The Bertz CT molecular complexity index is 1200. The number of fused-ring (bicyclic) bond motifs is 1. The Morgan fingerprint density at radius 2 is 1.94 bits per heavy atom. The minimum Gasteiger partial charge on any atom is -0.380 e. The van der Waals surface area contributed by atoms with E-state index in [0.29, 0.717) is 5.92 Å². The first-order valence-electron chi connectivity index (χ1n) is 11.6. The van der Waals surface area contributed by atoms with Crippen molar-refractivity contribution in [2.45, 2.75) is 50.1 Å². The molecule has 0 unspecified atom stereocenters. The fourth-order valence-corrected chi connectivity index (χ4v) is 5.46. The lowest BCUT2D eigenvalue weighted by atomic mass is 10.1. The van der Waals surface area contributed by atoms with Crippen molar-refractivity contribution in [2.24, 2.45) is 5.92 Å². The number of likely N-dealkylation sites (tertiary alicyclic amines) is 1. The van der Waals surface area contributed by atoms with Crippen LogP contribution >= 0.6 is 11.3 Å². The molecule has 10 nitrogen and oxygen atoms in total. The summed E-state index contributed by atoms with van der Waals surface area (Å²) in [6, 6.07) is 8.60. The number of nitrogens with one attached hydrogen (secondary N) is 2. The number of thiazole rings is 1. The van der Waals surface area contributed by atoms with E-state index < -0.39 is 30.1 Å². The number of hydrogen-bond acceptors (Lipinski definition) is 8. The average Bonchev–Trinajstić information content (AvgIpc) is 3.30. The number of aliphatic hydroxyl groups excluding tert-OH is 2. The molecule has 11 heteroatoms. The number of amides is 2. The molecule has 2 amide bonds. The van der Waals surface area contributed by atoms with Gasteiger partial charge in [-0.3, -0.25) is 9.59 Å². The molecule has 2 aromatic heterocycles. The van der Waals surface area contributed by atoms with Crippen LogP contribution in [0.2, 0.25) is 0 Å². The maximum absolute atomic E-state index is 13.2. The first-order valence-corrected chi connectivity index (χ1v) is 12.5. The molecule has 5 rings (SSSR count). The molecule has 2 fully saturated rings. The normalized spacial score (nSPS) is 23.3. The van der Waals surface area contributed by atoms with E-state index in [0.717, 1.165) is 34.9 Å². The summed E-state index contributed by atoms with van der Waals surface area (Å²) >= 11 is 1.45. The van der Waals surface area contributed by atoms with Crippen molar-refractivity contribution in [3.05, 3.63) is 59.4 Å². The number of aromatic nitrogens is 3. The highest BCUT2D eigenvalue weighted by Crippen LogP contribution is 2.53. The van der Waals surface area contributed by atoms with E-state index in [-0.39, 0.29) is 12.1 Å². The van der Waals surface area contributed by atoms with Gasteiger partial charge in [-0.05, 0) is 49.4 Å². The maximum Gasteiger partial charge on any atom is 0.255 e. The SMILES string of the molecule is CNc1nc([C@@H]2C[C@@H]3C[C@@H]3N2C(=O)[C@H](O)[C@@H](O)C(=O)N[C@H](C)c2ccc(-n3cccn3)cc2)cs1. The number of nitrogens with zero attached hydrogens (tertiary/aromatic N) is 4. The van der Waals surface area contributed by atoms with Crippen LogP contribution in [0.1, 0.15) is 43.1 Å². The Morgan fingerprint density at radius 3 is 2.60 bits per heavy atom. The van der Waals surface area contributed by atoms with Crippen molar-refractivity contribution in [1.82, 2.24) is 25.0 Å². The van der Waals surface area contributed by atoms with E-state index in [9.17, 15) is 19.8 Å². The van der Waals surface area contributed by atoms with E-state index >= 15 is 0 Å². The van der Waals surface area contributed by atoms with Crippen LogP contribution < -0.4 is 10.6 Å². The standard InChI is InChI=1S/C24H28N6O4S/c1-13(14-4-6-16(7-5-14)29-9-3-8-26-29)27-22(33)20(31)21(32)23(34)30-18-10-15(18)11-19(30)17-12-35-24(25-2)28-17/h3-9,12-13,15,18-21,31-32H,10-11H2,1-2H3,(H,25,28)(H,27,33)/t13-,15+,18+,19+,20-,21-/m1/s1. The lowest BCUT2D eigenvalue weighted by Gasteiger charge is -2.30. The lowest BCUT2D eigenvalue weighted by Crippen LogP contribution is -2.51. The zero-order valence-electron chi connectivity index (χ0n) is 19.4. The van der Waals surface area contributed by atoms with Crippen LogP contribution in [-0.4, -0.2) is 67.0 Å². The van der Waals surface area contributed by atoms with Gasteiger partial charge in [0.1, 0.15) is 0 Å². The highest BCUT2D eigenvalue weighted by Gasteiger charge is 2.56. The van der Waals surface area contributed by atoms with E-state index in [1.54, 1.807) is 29.7 Å². The van der Waals surface area contributed by atoms with Gasteiger partial charge < -0.3 is 25.7 Å². The number of rotatable bonds is 8. The van der Waals surface area contributed by atoms with Crippen molar-refractivity contribution in [3.8, 4) is 5.69 Å². The molecule has 2 aliphatic rings. The minimum atomic E-state index is -1.88. The number of piperidine rings is 1. The third-order valence-corrected chi connectivity index (χ3v) is 7.66. The number of anilines is 1. The number of carbonyl (C=O) groups excluding carboxylic acids is 2. The summed E-state index contributed by atoms with van der Waals surface area (Å²) in [5, 5.41) is 33.7. The first-order chi connectivity index (χ1) is 16.9. The zero-order valence-corrected chi connectivity index (χ0v) is 20.2. The first kappa shape index (κ1) is 23.5. The molecule has 4 N–H and O–H groups in total. The number of benzene rings is 1. The van der Waals surface area contributed by atoms with Gasteiger partial charge >= 0.3 is 0 Å². The van der Waals surface area contributed by atoms with Gasteiger partial charge in [-0.25, -0.2) is 9.67 Å². The maximum atomic E-state index is 13.2. The van der Waals surface area contributed by atoms with E-state index in [4.69, 9.17) is 0 Å². The molecule has 0 bridgehead atoms. The Morgan fingerprint density at radius 1 is 1.17 bits per heavy atom. The van der Waals surface area contributed by atoms with Gasteiger partial charge in [0, 0.05) is 30.9 Å². The molecule has 0 spiro atoms. The molecule has 1 aliphatic heterocycles. The second-order valence-electron chi connectivity index (χ2n) is 9.05. The number of hydrogen-bond donors (Lipinski definition) is 4. The lowest BCUT2D eigenvalue weighted by molar-refractivity contribution is -0.155. The number of carbonyl (C=O) groups is 2. The fraction of sp³-hybridized carbons (Fsp3) is 0.417. The van der Waals surface area contributed by atoms with Crippen molar-refractivity contribution in [3.63, 3.8) is 0 Å². The Labute approximate surface area is 206 Å². The molecule has 1 saturated heterocycles. The van der Waals surface area contributed by atoms with Crippen LogP contribution in [0, 0.1) is 5.92 Å². The van der Waals surface area contributed by atoms with E-state index in [2.05, 4.69) is 20.7 Å². The van der Waals surface area contributed by atoms with E-state index in [1.807, 2.05) is 41.9 Å². The summed E-state index contributed by atoms with van der Waals surface area (Å²) in [6.45, 7) is 1.77. The third kappa shape index (κ3) is 4.54. The zero-order chi connectivity index (χ0) is 24.7. The van der Waals surface area contributed by atoms with Gasteiger partial charge in [-0.15, -0.1) is 11.3 Å². The van der Waals surface area contributed by atoms with Crippen LogP contribution in [0.4, 0.5) is 5.13 Å². The van der Waals surface area contributed by atoms with Gasteiger partial charge in [0.05, 0.1) is 23.5 Å². The molecule has 35 heavy (non-hydrogen) atoms. The number of aliphatic hydroxyl groups is 2. The second-order valence-corrected chi connectivity index (χ2v) is 9.91. The summed E-state index contributed by atoms with van der Waals surface area (Å²) in [7, 11) is 1.78. The summed E-state index contributed by atoms with van der Waals surface area (Å²) in [5.41, 5.74) is 2.45. The van der Waals surface area contributed by atoms with Crippen molar-refractivity contribution in [2.75, 3.05) is 12.4 Å². The average molecular weight is 497 g/mol. The molecule has 0 radical (unpaired) electrons. The molecule has 6 atom stereocenters. The predicted octanol–water partition coefficient (Wildman–Crippen LogP) is 1.63. The van der Waals surface area contributed by atoms with Crippen molar-refractivity contribution < 1.29 is 19.8 Å². The molecular weight excluding hydrogens is 468 g/mol. The van der Waals surface area contributed by atoms with Gasteiger partial charge in [0.2, 0.25) is 0 Å². The topological polar surface area (TPSA) is 133 Å².